The molecule has 0 N–H and O–H groups in total. The van der Waals surface area contributed by atoms with Crippen LogP contribution in [0.4, 0.5) is 0 Å². The first kappa shape index (κ1) is 5.72. The highest BCUT2D eigenvalue weighted by atomic mass is 14.2. The predicted octanol–water partition coefficient (Wildman–Crippen LogP) is 2.47. The molecule has 0 aromatic carbocycles. The molecule has 0 heteroatoms. The van der Waals surface area contributed by atoms with Gasteiger partial charge in [-0.05, 0) is 0 Å². The van der Waals surface area contributed by atoms with Crippen LogP contribution in [0.3, 0.4) is 0 Å². The number of rotatable bonds is 0. The zero-order valence-electron chi connectivity index (χ0n) is 6.04. The van der Waals surface area contributed by atoms with Crippen LogP contribution in [0.25, 0.3) is 0 Å². The minimum Gasteiger partial charge on any atom is -0.253 e. The molecule has 0 fully saturated rings. The maximum atomic E-state index is 2.24. The lowest BCUT2D eigenvalue weighted by Crippen LogP contribution is -1.99. The van der Waals surface area contributed by atoms with Crippen molar-refractivity contribution >= 4 is 0 Å². The second kappa shape index (κ2) is 1.98. The molecule has 0 aromatic rings. The molecular formula is C10H10-2. The van der Waals surface area contributed by atoms with Crippen molar-refractivity contribution < 1.29 is 0 Å². The minimum atomic E-state index is 0.621. The number of hydrogen-bond donors (Lipinski definition) is 0. The van der Waals surface area contributed by atoms with Crippen LogP contribution < -0.4 is 0 Å². The smallest absolute Gasteiger partial charge is 0.0750 e. The molecule has 0 spiro atoms. The molecule has 0 radical (unpaired) electrons. The molecule has 52 valence electrons. The molecule has 0 heterocycles. The zero-order valence-corrected chi connectivity index (χ0v) is 6.04. The maximum absolute atomic E-state index is 2.24. The largest absolute Gasteiger partial charge is 0.253 e. The molecule has 0 aliphatic heterocycles. The molecule has 2 aliphatic carbocycles. The Morgan fingerprint density at radius 2 is 2.40 bits per heavy atom. The van der Waals surface area contributed by atoms with Crippen LogP contribution in [0.1, 0.15) is 6.92 Å². The number of fused-ring (bicyclic) bond motifs is 1. The van der Waals surface area contributed by atoms with Crippen molar-refractivity contribution in [3.63, 3.8) is 0 Å². The second-order valence-corrected chi connectivity index (χ2v) is 2.78. The summed E-state index contributed by atoms with van der Waals surface area (Å²) >= 11 is 0. The van der Waals surface area contributed by atoms with Gasteiger partial charge in [-0.3, -0.25) is 12.5 Å². The van der Waals surface area contributed by atoms with Gasteiger partial charge in [0.25, 0.3) is 0 Å². The highest BCUT2D eigenvalue weighted by Gasteiger charge is 2.04. The third-order valence-corrected chi connectivity index (χ3v) is 2.05. The summed E-state index contributed by atoms with van der Waals surface area (Å²) in [7, 11) is 0. The van der Waals surface area contributed by atoms with Crippen LogP contribution >= 0.6 is 0 Å². The molecule has 0 amide bonds. The zero-order chi connectivity index (χ0) is 6.97. The Hall–Kier alpha value is -1.04. The van der Waals surface area contributed by atoms with Crippen LogP contribution in [-0.4, -0.2) is 0 Å². The van der Waals surface area contributed by atoms with Crippen molar-refractivity contribution in [1.82, 2.24) is 0 Å². The molecule has 0 aromatic heterocycles. The second-order valence-electron chi connectivity index (χ2n) is 2.78. The summed E-state index contributed by atoms with van der Waals surface area (Å²) in [5, 5.41) is 0. The Labute approximate surface area is 61.9 Å². The molecule has 0 saturated carbocycles. The van der Waals surface area contributed by atoms with Crippen LogP contribution in [-0.2, 0) is 0 Å². The first-order valence-electron chi connectivity index (χ1n) is 3.65. The van der Waals surface area contributed by atoms with Gasteiger partial charge in [0.2, 0.25) is 0 Å². The van der Waals surface area contributed by atoms with E-state index in [0.717, 1.165) is 0 Å². The number of hydrogen-bond acceptors (Lipinski definition) is 0. The molecule has 2 rings (SSSR count). The standard InChI is InChI=1S/C10H10/c1-8-6-7-9-4-2-3-5-10(8)9/h2-8H,1H3/q-2. The van der Waals surface area contributed by atoms with Crippen LogP contribution in [0.5, 0.6) is 0 Å². The molecule has 1 atom stereocenters. The highest BCUT2D eigenvalue weighted by molar-refractivity contribution is 5.53. The fourth-order valence-corrected chi connectivity index (χ4v) is 1.43. The van der Waals surface area contributed by atoms with E-state index in [1.54, 1.807) is 0 Å². The third-order valence-electron chi connectivity index (χ3n) is 2.05. The van der Waals surface area contributed by atoms with E-state index >= 15 is 0 Å². The summed E-state index contributed by atoms with van der Waals surface area (Å²) < 4.78 is 0. The molecule has 0 saturated heterocycles. The molecular weight excluding hydrogens is 120 g/mol. The Balaban J connectivity index is 2.30. The van der Waals surface area contributed by atoms with Gasteiger partial charge in [-0.2, -0.15) is 12.2 Å². The first-order valence-corrected chi connectivity index (χ1v) is 3.65. The van der Waals surface area contributed by atoms with Gasteiger partial charge in [-0.15, -0.1) is 0 Å². The monoisotopic (exact) mass is 130 g/mol. The van der Waals surface area contributed by atoms with E-state index in [0.29, 0.717) is 5.92 Å². The topological polar surface area (TPSA) is 0 Å². The predicted molar refractivity (Wildman–Crippen MR) is 43.1 cm³/mol. The molecule has 0 bridgehead atoms. The average Bonchev–Trinajstić information content (AvgIpc) is 2.34. The van der Waals surface area contributed by atoms with Gasteiger partial charge >= 0.3 is 0 Å². The van der Waals surface area contributed by atoms with Crippen molar-refractivity contribution in [2.24, 2.45) is 5.92 Å². The van der Waals surface area contributed by atoms with Gasteiger partial charge in [-0.1, -0.05) is 12.8 Å². The van der Waals surface area contributed by atoms with Crippen LogP contribution in [0.15, 0.2) is 36.0 Å². The van der Waals surface area contributed by atoms with Crippen molar-refractivity contribution in [2.45, 2.75) is 6.92 Å². The summed E-state index contributed by atoms with van der Waals surface area (Å²) in [6, 6.07) is 0. The van der Waals surface area contributed by atoms with E-state index in [9.17, 15) is 0 Å². The fraction of sp³-hybridized carbons (Fsp3) is 0.200. The quantitative estimate of drug-likeness (QED) is 0.442. The normalized spacial score (nSPS) is 27.9. The lowest BCUT2D eigenvalue weighted by atomic mass is 9.92. The highest BCUT2D eigenvalue weighted by Crippen LogP contribution is 2.34. The molecule has 0 nitrogen and oxygen atoms in total. The lowest BCUT2D eigenvalue weighted by Gasteiger charge is -2.30. The van der Waals surface area contributed by atoms with Gasteiger partial charge < -0.3 is 0 Å². The van der Waals surface area contributed by atoms with Crippen molar-refractivity contribution in [1.29, 1.82) is 0 Å². The third kappa shape index (κ3) is 0.688. The van der Waals surface area contributed by atoms with Gasteiger partial charge in [0.15, 0.2) is 0 Å². The number of allylic oxidation sites excluding steroid dienone is 6. The van der Waals surface area contributed by atoms with E-state index in [1.165, 1.54) is 11.5 Å². The Morgan fingerprint density at radius 1 is 1.50 bits per heavy atom. The van der Waals surface area contributed by atoms with Crippen LogP contribution in [0.2, 0.25) is 0 Å². The van der Waals surface area contributed by atoms with Gasteiger partial charge in [0.05, 0.1) is 0 Å². The van der Waals surface area contributed by atoms with E-state index < -0.39 is 0 Å². The van der Waals surface area contributed by atoms with Gasteiger partial charge in [-0.25, -0.2) is 23.6 Å². The van der Waals surface area contributed by atoms with Gasteiger partial charge in [0.1, 0.15) is 0 Å². The van der Waals surface area contributed by atoms with Crippen molar-refractivity contribution in [2.75, 3.05) is 0 Å². The van der Waals surface area contributed by atoms with Crippen molar-refractivity contribution in [3.05, 3.63) is 48.3 Å². The minimum absolute atomic E-state index is 0.621. The lowest BCUT2D eigenvalue weighted by molar-refractivity contribution is 0.891. The summed E-state index contributed by atoms with van der Waals surface area (Å²) in [4.78, 5) is 0. The Kier molecular flexibility index (Phi) is 1.13. The molecule has 2 aliphatic rings. The van der Waals surface area contributed by atoms with E-state index in [4.69, 9.17) is 0 Å². The van der Waals surface area contributed by atoms with Crippen molar-refractivity contribution in [3.8, 4) is 0 Å². The van der Waals surface area contributed by atoms with E-state index in [-0.39, 0.29) is 0 Å². The van der Waals surface area contributed by atoms with Gasteiger partial charge in [0, 0.05) is 0 Å². The summed E-state index contributed by atoms with van der Waals surface area (Å²) in [5.41, 5.74) is 1.46. The SMILES string of the molecule is CC1C=C[C-]2C=C[CH-]C=C21. The summed E-state index contributed by atoms with van der Waals surface area (Å²) in [6.07, 6.45) is 13.0. The Morgan fingerprint density at radius 3 is 3.20 bits per heavy atom. The summed E-state index contributed by atoms with van der Waals surface area (Å²) in [5.74, 6) is 2.01. The average molecular weight is 130 g/mol. The fourth-order valence-electron chi connectivity index (χ4n) is 1.43. The van der Waals surface area contributed by atoms with E-state index in [1.807, 2.05) is 0 Å². The first-order chi connectivity index (χ1) is 4.88. The maximum Gasteiger partial charge on any atom is -0.0750 e. The molecule has 10 heavy (non-hydrogen) atoms. The Bertz CT molecular complexity index is 218. The van der Waals surface area contributed by atoms with Crippen LogP contribution in [0, 0.1) is 18.3 Å². The van der Waals surface area contributed by atoms with E-state index in [2.05, 4.69) is 43.7 Å². The summed E-state index contributed by atoms with van der Waals surface area (Å²) in [6.45, 7) is 2.22. The molecule has 1 unspecified atom stereocenters.